The minimum absolute atomic E-state index is 0.0991. The van der Waals surface area contributed by atoms with Crippen molar-refractivity contribution in [2.24, 2.45) is 5.92 Å². The van der Waals surface area contributed by atoms with Crippen LogP contribution in [0.4, 0.5) is 5.69 Å². The van der Waals surface area contributed by atoms with Crippen molar-refractivity contribution in [1.29, 1.82) is 0 Å². The third kappa shape index (κ3) is 3.81. The fourth-order valence-electron chi connectivity index (χ4n) is 2.30. The quantitative estimate of drug-likeness (QED) is 0.845. The first-order chi connectivity index (χ1) is 9.97. The second-order valence-electron chi connectivity index (χ2n) is 5.17. The molecule has 2 rings (SSSR count). The molecule has 1 aliphatic rings. The Hall–Kier alpha value is -2.37. The predicted molar refractivity (Wildman–Crippen MR) is 76.9 cm³/mol. The van der Waals surface area contributed by atoms with Gasteiger partial charge in [-0.05, 0) is 19.1 Å². The van der Waals surface area contributed by atoms with Gasteiger partial charge in [-0.2, -0.15) is 0 Å². The molecule has 1 atom stereocenters. The van der Waals surface area contributed by atoms with Gasteiger partial charge in [0, 0.05) is 25.2 Å². The second kappa shape index (κ2) is 6.39. The molecule has 0 aromatic heterocycles. The third-order valence-electron chi connectivity index (χ3n) is 3.49. The van der Waals surface area contributed by atoms with E-state index in [1.807, 2.05) is 19.1 Å². The van der Waals surface area contributed by atoms with Crippen LogP contribution < -0.4 is 10.2 Å². The SMILES string of the molecule is Cc1ccc(N(CCC(=O)O)C(=O)C2CNC(=O)C2)cc1. The molecule has 2 amide bonds. The van der Waals surface area contributed by atoms with E-state index in [1.165, 1.54) is 4.90 Å². The predicted octanol–water partition coefficient (Wildman–Crippen LogP) is 0.939. The number of aliphatic carboxylic acids is 1. The van der Waals surface area contributed by atoms with E-state index in [2.05, 4.69) is 5.32 Å². The van der Waals surface area contributed by atoms with Gasteiger partial charge >= 0.3 is 5.97 Å². The molecule has 1 unspecified atom stereocenters. The van der Waals surface area contributed by atoms with E-state index >= 15 is 0 Å². The Labute approximate surface area is 122 Å². The normalized spacial score (nSPS) is 17.4. The lowest BCUT2D eigenvalue weighted by Gasteiger charge is -2.24. The molecule has 6 heteroatoms. The lowest BCUT2D eigenvalue weighted by atomic mass is 10.1. The van der Waals surface area contributed by atoms with Crippen molar-refractivity contribution in [2.75, 3.05) is 18.0 Å². The van der Waals surface area contributed by atoms with Gasteiger partial charge in [0.05, 0.1) is 12.3 Å². The first-order valence-corrected chi connectivity index (χ1v) is 6.84. The van der Waals surface area contributed by atoms with Crippen LogP contribution in [0.25, 0.3) is 0 Å². The number of amides is 2. The molecule has 2 N–H and O–H groups in total. The number of hydrogen-bond donors (Lipinski definition) is 2. The number of carbonyl (C=O) groups is 3. The van der Waals surface area contributed by atoms with E-state index in [1.54, 1.807) is 12.1 Å². The van der Waals surface area contributed by atoms with Gasteiger partial charge in [-0.15, -0.1) is 0 Å². The second-order valence-corrected chi connectivity index (χ2v) is 5.17. The van der Waals surface area contributed by atoms with Crippen molar-refractivity contribution < 1.29 is 19.5 Å². The first-order valence-electron chi connectivity index (χ1n) is 6.84. The zero-order chi connectivity index (χ0) is 15.4. The summed E-state index contributed by atoms with van der Waals surface area (Å²) < 4.78 is 0. The molecule has 1 heterocycles. The van der Waals surface area contributed by atoms with Crippen molar-refractivity contribution >= 4 is 23.5 Å². The monoisotopic (exact) mass is 290 g/mol. The fraction of sp³-hybridized carbons (Fsp3) is 0.400. The summed E-state index contributed by atoms with van der Waals surface area (Å²) in [5, 5.41) is 11.5. The van der Waals surface area contributed by atoms with Crippen molar-refractivity contribution in [3.05, 3.63) is 29.8 Å². The number of carboxylic acid groups (broad SMARTS) is 1. The standard InChI is InChI=1S/C15H18N2O4/c1-10-2-4-12(5-3-10)17(7-6-14(19)20)15(21)11-8-13(18)16-9-11/h2-5,11H,6-9H2,1H3,(H,16,18)(H,19,20). The minimum atomic E-state index is -0.958. The van der Waals surface area contributed by atoms with Crippen LogP contribution in [0, 0.1) is 12.8 Å². The molecule has 1 aromatic carbocycles. The van der Waals surface area contributed by atoms with Gasteiger partial charge < -0.3 is 15.3 Å². The van der Waals surface area contributed by atoms with E-state index in [4.69, 9.17) is 5.11 Å². The molecule has 1 fully saturated rings. The molecule has 112 valence electrons. The molecule has 0 spiro atoms. The molecule has 1 aliphatic heterocycles. The van der Waals surface area contributed by atoms with Gasteiger partial charge in [0.2, 0.25) is 11.8 Å². The highest BCUT2D eigenvalue weighted by Crippen LogP contribution is 2.21. The summed E-state index contributed by atoms with van der Waals surface area (Å²) >= 11 is 0. The van der Waals surface area contributed by atoms with Crippen LogP contribution in [0.1, 0.15) is 18.4 Å². The molecular weight excluding hydrogens is 272 g/mol. The maximum atomic E-state index is 12.5. The van der Waals surface area contributed by atoms with Crippen molar-refractivity contribution in [2.45, 2.75) is 19.8 Å². The van der Waals surface area contributed by atoms with Gasteiger partial charge in [-0.25, -0.2) is 0 Å². The Morgan fingerprint density at radius 1 is 1.33 bits per heavy atom. The zero-order valence-corrected chi connectivity index (χ0v) is 11.8. The van der Waals surface area contributed by atoms with Gasteiger partial charge in [-0.1, -0.05) is 17.7 Å². The summed E-state index contributed by atoms with van der Waals surface area (Å²) in [6, 6.07) is 7.32. The van der Waals surface area contributed by atoms with E-state index in [-0.39, 0.29) is 31.2 Å². The summed E-state index contributed by atoms with van der Waals surface area (Å²) in [4.78, 5) is 36.0. The minimum Gasteiger partial charge on any atom is -0.481 e. The molecule has 0 aliphatic carbocycles. The van der Waals surface area contributed by atoms with Crippen LogP contribution in [-0.4, -0.2) is 36.0 Å². The highest BCUT2D eigenvalue weighted by Gasteiger charge is 2.32. The van der Waals surface area contributed by atoms with Gasteiger partial charge in [-0.3, -0.25) is 14.4 Å². The summed E-state index contributed by atoms with van der Waals surface area (Å²) in [5.74, 6) is -1.73. The smallest absolute Gasteiger partial charge is 0.305 e. The fourth-order valence-corrected chi connectivity index (χ4v) is 2.30. The van der Waals surface area contributed by atoms with Crippen LogP contribution in [0.5, 0.6) is 0 Å². The lowest BCUT2D eigenvalue weighted by Crippen LogP contribution is -2.38. The van der Waals surface area contributed by atoms with E-state index in [9.17, 15) is 14.4 Å². The number of anilines is 1. The number of rotatable bonds is 5. The number of hydrogen-bond acceptors (Lipinski definition) is 3. The largest absolute Gasteiger partial charge is 0.481 e. The molecular formula is C15H18N2O4. The average molecular weight is 290 g/mol. The third-order valence-corrected chi connectivity index (χ3v) is 3.49. The maximum Gasteiger partial charge on any atom is 0.305 e. The van der Waals surface area contributed by atoms with Crippen molar-refractivity contribution in [3.63, 3.8) is 0 Å². The van der Waals surface area contributed by atoms with E-state index in [0.29, 0.717) is 12.2 Å². The summed E-state index contributed by atoms with van der Waals surface area (Å²) in [6.07, 6.45) is 0.0297. The number of nitrogens with one attached hydrogen (secondary N) is 1. The first kappa shape index (κ1) is 15.0. The molecule has 1 saturated heterocycles. The number of carbonyl (C=O) groups excluding carboxylic acids is 2. The van der Waals surface area contributed by atoms with Crippen LogP contribution in [0.2, 0.25) is 0 Å². The van der Waals surface area contributed by atoms with E-state index in [0.717, 1.165) is 5.56 Å². The molecule has 21 heavy (non-hydrogen) atoms. The molecule has 6 nitrogen and oxygen atoms in total. The number of benzene rings is 1. The molecule has 0 saturated carbocycles. The lowest BCUT2D eigenvalue weighted by molar-refractivity contribution is -0.136. The van der Waals surface area contributed by atoms with Crippen LogP contribution >= 0.6 is 0 Å². The van der Waals surface area contributed by atoms with Crippen LogP contribution in [0.15, 0.2) is 24.3 Å². The summed E-state index contributed by atoms with van der Waals surface area (Å²) in [6.45, 7) is 2.35. The van der Waals surface area contributed by atoms with Crippen LogP contribution in [-0.2, 0) is 14.4 Å². The zero-order valence-electron chi connectivity index (χ0n) is 11.8. The van der Waals surface area contributed by atoms with Crippen molar-refractivity contribution in [1.82, 2.24) is 5.32 Å². The van der Waals surface area contributed by atoms with Crippen LogP contribution in [0.3, 0.4) is 0 Å². The highest BCUT2D eigenvalue weighted by molar-refractivity contribution is 5.99. The van der Waals surface area contributed by atoms with Gasteiger partial charge in [0.25, 0.3) is 0 Å². The molecule has 0 bridgehead atoms. The Bertz CT molecular complexity index is 553. The number of carboxylic acids is 1. The number of nitrogens with zero attached hydrogens (tertiary/aromatic N) is 1. The summed E-state index contributed by atoms with van der Waals surface area (Å²) in [7, 11) is 0. The highest BCUT2D eigenvalue weighted by atomic mass is 16.4. The Balaban J connectivity index is 2.18. The maximum absolute atomic E-state index is 12.5. The Kier molecular flexibility index (Phi) is 4.57. The van der Waals surface area contributed by atoms with Crippen molar-refractivity contribution in [3.8, 4) is 0 Å². The molecule has 1 aromatic rings. The van der Waals surface area contributed by atoms with Gasteiger partial charge in [0.15, 0.2) is 0 Å². The molecule has 0 radical (unpaired) electrons. The summed E-state index contributed by atoms with van der Waals surface area (Å²) in [5.41, 5.74) is 1.72. The van der Waals surface area contributed by atoms with E-state index < -0.39 is 11.9 Å². The Morgan fingerprint density at radius 2 is 2.00 bits per heavy atom. The number of aryl methyl sites for hydroxylation is 1. The average Bonchev–Trinajstić information content (AvgIpc) is 2.87. The topological polar surface area (TPSA) is 86.7 Å². The Morgan fingerprint density at radius 3 is 2.52 bits per heavy atom. The van der Waals surface area contributed by atoms with Gasteiger partial charge in [0.1, 0.15) is 0 Å².